The Kier molecular flexibility index (Phi) is 7.63. The predicted octanol–water partition coefficient (Wildman–Crippen LogP) is 4.89. The molecule has 0 heterocycles. The van der Waals surface area contributed by atoms with Gasteiger partial charge in [0.1, 0.15) is 12.7 Å². The van der Waals surface area contributed by atoms with Crippen LogP contribution in [0.1, 0.15) is 47.2 Å². The molecular weight excluding hydrogens is 437 g/mol. The number of anilines is 2. The van der Waals surface area contributed by atoms with Gasteiger partial charge in [-0.1, -0.05) is 12.1 Å². The van der Waals surface area contributed by atoms with Crippen molar-refractivity contribution in [3.63, 3.8) is 0 Å². The van der Waals surface area contributed by atoms with E-state index in [1.807, 2.05) is 0 Å². The first kappa shape index (κ1) is 24.2. The van der Waals surface area contributed by atoms with E-state index in [2.05, 4.69) is 0 Å². The molecule has 0 bridgehead atoms. The molecule has 33 heavy (non-hydrogen) atoms. The number of nitrogen functional groups attached to an aromatic ring is 2. The van der Waals surface area contributed by atoms with Crippen molar-refractivity contribution in [1.29, 1.82) is 0 Å². The fourth-order valence-corrected chi connectivity index (χ4v) is 3.57. The molecule has 4 N–H and O–H groups in total. The SMILES string of the molecule is Nc1ccc(N)c(COC(=O)/C=C/c2ccc(C(=O)OC3CCC(C(F)(F)F)CC3)cc2)c1. The van der Waals surface area contributed by atoms with Crippen molar-refractivity contribution in [3.05, 3.63) is 65.2 Å². The number of benzene rings is 2. The summed E-state index contributed by atoms with van der Waals surface area (Å²) >= 11 is 0. The van der Waals surface area contributed by atoms with Crippen molar-refractivity contribution in [3.8, 4) is 0 Å². The van der Waals surface area contributed by atoms with Crippen molar-refractivity contribution < 1.29 is 32.2 Å². The van der Waals surface area contributed by atoms with E-state index in [1.165, 1.54) is 24.3 Å². The molecule has 0 radical (unpaired) electrons. The predicted molar refractivity (Wildman–Crippen MR) is 118 cm³/mol. The van der Waals surface area contributed by atoms with Gasteiger partial charge in [-0.3, -0.25) is 0 Å². The van der Waals surface area contributed by atoms with Crippen LogP contribution in [0.3, 0.4) is 0 Å². The minimum atomic E-state index is -4.20. The number of hydrogen-bond acceptors (Lipinski definition) is 6. The lowest BCUT2D eigenvalue weighted by atomic mass is 9.87. The molecule has 0 aromatic heterocycles. The highest BCUT2D eigenvalue weighted by Gasteiger charge is 2.42. The van der Waals surface area contributed by atoms with Crippen LogP contribution < -0.4 is 11.5 Å². The summed E-state index contributed by atoms with van der Waals surface area (Å²) in [6, 6.07) is 11.2. The average Bonchev–Trinajstić information content (AvgIpc) is 2.78. The molecular formula is C24H25F3N2O4. The summed E-state index contributed by atoms with van der Waals surface area (Å²) in [6.07, 6.45) is -1.63. The van der Waals surface area contributed by atoms with E-state index in [4.69, 9.17) is 20.9 Å². The van der Waals surface area contributed by atoms with Gasteiger partial charge in [0.25, 0.3) is 0 Å². The van der Waals surface area contributed by atoms with Crippen LogP contribution in [0, 0.1) is 5.92 Å². The molecule has 0 aliphatic heterocycles. The van der Waals surface area contributed by atoms with Crippen LogP contribution in [0.5, 0.6) is 0 Å². The molecule has 6 nitrogen and oxygen atoms in total. The van der Waals surface area contributed by atoms with Gasteiger partial charge < -0.3 is 20.9 Å². The van der Waals surface area contributed by atoms with Gasteiger partial charge in [-0.05, 0) is 67.7 Å². The first-order valence-corrected chi connectivity index (χ1v) is 10.5. The fraction of sp³-hybridized carbons (Fsp3) is 0.333. The summed E-state index contributed by atoms with van der Waals surface area (Å²) in [7, 11) is 0. The minimum absolute atomic E-state index is 0.0181. The van der Waals surface area contributed by atoms with Crippen molar-refractivity contribution in [2.24, 2.45) is 5.92 Å². The highest BCUT2D eigenvalue weighted by Crippen LogP contribution is 2.38. The van der Waals surface area contributed by atoms with Crippen molar-refractivity contribution in [1.82, 2.24) is 0 Å². The second-order valence-electron chi connectivity index (χ2n) is 7.94. The number of ether oxygens (including phenoxy) is 2. The molecule has 0 atom stereocenters. The zero-order valence-electron chi connectivity index (χ0n) is 17.8. The number of esters is 2. The average molecular weight is 462 g/mol. The number of rotatable bonds is 6. The maximum Gasteiger partial charge on any atom is 0.391 e. The third-order valence-corrected chi connectivity index (χ3v) is 5.51. The number of carbonyl (C=O) groups is 2. The second kappa shape index (κ2) is 10.4. The summed E-state index contributed by atoms with van der Waals surface area (Å²) in [6.45, 7) is -0.0181. The van der Waals surface area contributed by atoms with Crippen LogP contribution in [0.25, 0.3) is 6.08 Å². The largest absolute Gasteiger partial charge is 0.459 e. The molecule has 9 heteroatoms. The first-order valence-electron chi connectivity index (χ1n) is 10.5. The van der Waals surface area contributed by atoms with E-state index < -0.39 is 30.1 Å². The van der Waals surface area contributed by atoms with Crippen molar-refractivity contribution in [2.45, 2.75) is 44.6 Å². The van der Waals surface area contributed by atoms with Gasteiger partial charge in [-0.15, -0.1) is 0 Å². The van der Waals surface area contributed by atoms with E-state index in [9.17, 15) is 22.8 Å². The van der Waals surface area contributed by atoms with E-state index in [-0.39, 0.29) is 37.9 Å². The van der Waals surface area contributed by atoms with Gasteiger partial charge in [0.15, 0.2) is 0 Å². The molecule has 0 spiro atoms. The van der Waals surface area contributed by atoms with E-state index in [0.717, 1.165) is 0 Å². The molecule has 2 aromatic rings. The molecule has 1 aliphatic rings. The number of hydrogen-bond donors (Lipinski definition) is 2. The Morgan fingerprint density at radius 2 is 1.67 bits per heavy atom. The summed E-state index contributed by atoms with van der Waals surface area (Å²) < 4.78 is 48.7. The van der Waals surface area contributed by atoms with Crippen molar-refractivity contribution in [2.75, 3.05) is 11.5 Å². The van der Waals surface area contributed by atoms with Gasteiger partial charge in [0, 0.05) is 23.0 Å². The number of carbonyl (C=O) groups excluding carboxylic acids is 2. The lowest BCUT2D eigenvalue weighted by Gasteiger charge is -2.29. The second-order valence-corrected chi connectivity index (χ2v) is 7.94. The number of halogens is 3. The topological polar surface area (TPSA) is 105 Å². The Bertz CT molecular complexity index is 1010. The summed E-state index contributed by atoms with van der Waals surface area (Å²) in [5.41, 5.74) is 14.0. The van der Waals surface area contributed by atoms with Crippen molar-refractivity contribution >= 4 is 29.4 Å². The van der Waals surface area contributed by atoms with E-state index in [0.29, 0.717) is 22.5 Å². The Morgan fingerprint density at radius 1 is 1.00 bits per heavy atom. The van der Waals surface area contributed by atoms with Crippen LogP contribution >= 0.6 is 0 Å². The van der Waals surface area contributed by atoms with Gasteiger partial charge in [0.05, 0.1) is 11.5 Å². The molecule has 0 unspecified atom stereocenters. The minimum Gasteiger partial charge on any atom is -0.459 e. The monoisotopic (exact) mass is 462 g/mol. The Hall–Kier alpha value is -3.49. The molecule has 1 aliphatic carbocycles. The normalized spacial score (nSPS) is 18.8. The van der Waals surface area contributed by atoms with Crippen LogP contribution in [0.2, 0.25) is 0 Å². The standard InChI is InChI=1S/C24H25F3N2O4/c25-24(26,27)18-6-9-20(10-7-18)33-23(31)16-4-1-15(2-5-16)3-12-22(30)32-14-17-13-19(28)8-11-21(17)29/h1-5,8,11-13,18,20H,6-7,9-10,14,28-29H2/b12-3+. The lowest BCUT2D eigenvalue weighted by molar-refractivity contribution is -0.185. The highest BCUT2D eigenvalue weighted by atomic mass is 19.4. The third kappa shape index (κ3) is 7.00. The Morgan fingerprint density at radius 3 is 2.30 bits per heavy atom. The maximum atomic E-state index is 12.7. The molecule has 1 fully saturated rings. The van der Waals surface area contributed by atoms with E-state index in [1.54, 1.807) is 30.3 Å². The Labute approximate surface area is 189 Å². The molecule has 3 rings (SSSR count). The third-order valence-electron chi connectivity index (χ3n) is 5.51. The first-order chi connectivity index (χ1) is 15.6. The van der Waals surface area contributed by atoms with Gasteiger partial charge >= 0.3 is 18.1 Å². The zero-order chi connectivity index (χ0) is 24.0. The molecule has 2 aromatic carbocycles. The zero-order valence-corrected chi connectivity index (χ0v) is 17.8. The summed E-state index contributed by atoms with van der Waals surface area (Å²) in [5.74, 6) is -2.48. The highest BCUT2D eigenvalue weighted by molar-refractivity contribution is 5.90. The fourth-order valence-electron chi connectivity index (χ4n) is 3.57. The van der Waals surface area contributed by atoms with Gasteiger partial charge in [0.2, 0.25) is 0 Å². The maximum absolute atomic E-state index is 12.7. The summed E-state index contributed by atoms with van der Waals surface area (Å²) in [5, 5.41) is 0. The van der Waals surface area contributed by atoms with Crippen LogP contribution in [-0.4, -0.2) is 24.2 Å². The number of nitrogens with two attached hydrogens (primary N) is 2. The molecule has 1 saturated carbocycles. The quantitative estimate of drug-likeness (QED) is 0.360. The smallest absolute Gasteiger partial charge is 0.391 e. The van der Waals surface area contributed by atoms with Crippen LogP contribution in [-0.2, 0) is 20.9 Å². The Balaban J connectivity index is 1.47. The number of alkyl halides is 3. The van der Waals surface area contributed by atoms with Gasteiger partial charge in [-0.2, -0.15) is 13.2 Å². The van der Waals surface area contributed by atoms with Crippen LogP contribution in [0.15, 0.2) is 48.5 Å². The van der Waals surface area contributed by atoms with Gasteiger partial charge in [-0.25, -0.2) is 9.59 Å². The molecule has 0 amide bonds. The molecule has 0 saturated heterocycles. The lowest BCUT2D eigenvalue weighted by Crippen LogP contribution is -2.31. The van der Waals surface area contributed by atoms with Crippen LogP contribution in [0.4, 0.5) is 24.5 Å². The molecule has 176 valence electrons. The summed E-state index contributed by atoms with van der Waals surface area (Å²) in [4.78, 5) is 24.2. The van der Waals surface area contributed by atoms with E-state index >= 15 is 0 Å².